The van der Waals surface area contributed by atoms with Crippen molar-refractivity contribution in [1.29, 1.82) is 0 Å². The van der Waals surface area contributed by atoms with Gasteiger partial charge in [-0.3, -0.25) is 9.80 Å². The Morgan fingerprint density at radius 3 is 2.18 bits per heavy atom. The highest BCUT2D eigenvalue weighted by molar-refractivity contribution is 4.87. The molecular weight excluding hydrogens is 344 g/mol. The number of nitrogens with zero attached hydrogens (tertiary/aromatic N) is 2. The van der Waals surface area contributed by atoms with E-state index in [1.807, 2.05) is 0 Å². The van der Waals surface area contributed by atoms with Gasteiger partial charge in [0.2, 0.25) is 0 Å². The van der Waals surface area contributed by atoms with Gasteiger partial charge >= 0.3 is 0 Å². The zero-order valence-electron chi connectivity index (χ0n) is 20.0. The number of hydrogen-bond donors (Lipinski definition) is 0. The molecule has 2 fully saturated rings. The maximum absolute atomic E-state index is 6.24. The normalized spacial score (nSPS) is 27.6. The summed E-state index contributed by atoms with van der Waals surface area (Å²) in [4.78, 5) is 5.43. The first-order valence-electron chi connectivity index (χ1n) is 12.5. The van der Waals surface area contributed by atoms with E-state index in [2.05, 4.69) is 51.3 Å². The molecule has 2 atom stereocenters. The molecule has 3 nitrogen and oxygen atoms in total. The quantitative estimate of drug-likeness (QED) is 0.420. The first-order valence-corrected chi connectivity index (χ1v) is 12.5. The summed E-state index contributed by atoms with van der Waals surface area (Å²) in [6.45, 7) is 19.1. The molecule has 1 saturated heterocycles. The molecule has 166 valence electrons. The molecule has 1 aliphatic heterocycles. The van der Waals surface area contributed by atoms with Crippen molar-refractivity contribution < 1.29 is 4.74 Å². The van der Waals surface area contributed by atoms with Crippen LogP contribution in [-0.4, -0.2) is 59.8 Å². The first-order chi connectivity index (χ1) is 13.4. The summed E-state index contributed by atoms with van der Waals surface area (Å²) < 4.78 is 6.24. The van der Waals surface area contributed by atoms with Crippen molar-refractivity contribution in [2.24, 2.45) is 5.92 Å². The summed E-state index contributed by atoms with van der Waals surface area (Å²) in [6, 6.07) is 0.745. The van der Waals surface area contributed by atoms with Crippen molar-refractivity contribution in [2.45, 2.75) is 130 Å². The van der Waals surface area contributed by atoms with Gasteiger partial charge in [0, 0.05) is 37.8 Å². The lowest BCUT2D eigenvalue weighted by Crippen LogP contribution is -2.56. The molecule has 2 rings (SSSR count). The molecule has 0 amide bonds. The van der Waals surface area contributed by atoms with Gasteiger partial charge in [0.05, 0.1) is 12.2 Å². The van der Waals surface area contributed by atoms with Gasteiger partial charge in [-0.05, 0) is 78.6 Å². The van der Waals surface area contributed by atoms with Gasteiger partial charge in [0.15, 0.2) is 0 Å². The average Bonchev–Trinajstić information content (AvgIpc) is 2.69. The van der Waals surface area contributed by atoms with Crippen molar-refractivity contribution in [3.8, 4) is 0 Å². The van der Waals surface area contributed by atoms with Crippen LogP contribution in [0.2, 0.25) is 0 Å². The minimum atomic E-state index is 0.359. The lowest BCUT2D eigenvalue weighted by atomic mass is 9.82. The van der Waals surface area contributed by atoms with Crippen LogP contribution in [-0.2, 0) is 4.74 Å². The van der Waals surface area contributed by atoms with Gasteiger partial charge in [0.1, 0.15) is 0 Å². The first kappa shape index (κ1) is 24.2. The molecule has 1 aliphatic carbocycles. The van der Waals surface area contributed by atoms with Crippen LogP contribution in [0.5, 0.6) is 0 Å². The number of piperazine rings is 1. The highest BCUT2D eigenvalue weighted by Crippen LogP contribution is 2.32. The summed E-state index contributed by atoms with van der Waals surface area (Å²) >= 11 is 0. The van der Waals surface area contributed by atoms with Gasteiger partial charge in [0.25, 0.3) is 0 Å². The Balaban J connectivity index is 1.62. The SMILES string of the molecule is CCCC(C)OC1CCC(CCCC(C)(C)N2CCN(C(C)CC)CC2)CC1. The fourth-order valence-electron chi connectivity index (χ4n) is 5.37. The topological polar surface area (TPSA) is 15.7 Å². The number of hydrogen-bond acceptors (Lipinski definition) is 3. The van der Waals surface area contributed by atoms with Crippen LogP contribution in [0.3, 0.4) is 0 Å². The summed E-state index contributed by atoms with van der Waals surface area (Å²) in [7, 11) is 0. The van der Waals surface area contributed by atoms with Gasteiger partial charge in [-0.25, -0.2) is 0 Å². The van der Waals surface area contributed by atoms with Crippen LogP contribution in [0.15, 0.2) is 0 Å². The van der Waals surface area contributed by atoms with Crippen molar-refractivity contribution in [3.05, 3.63) is 0 Å². The monoisotopic (exact) mass is 394 g/mol. The molecule has 2 aliphatic rings. The summed E-state index contributed by atoms with van der Waals surface area (Å²) in [6.07, 6.45) is 14.2. The van der Waals surface area contributed by atoms with Crippen LogP contribution in [0, 0.1) is 5.92 Å². The predicted molar refractivity (Wildman–Crippen MR) is 122 cm³/mol. The van der Waals surface area contributed by atoms with Crippen molar-refractivity contribution in [1.82, 2.24) is 9.80 Å². The van der Waals surface area contributed by atoms with Crippen LogP contribution in [0.1, 0.15) is 106 Å². The van der Waals surface area contributed by atoms with Gasteiger partial charge in [-0.2, -0.15) is 0 Å². The molecule has 0 aromatic carbocycles. The Labute approximate surface area is 176 Å². The molecule has 0 aromatic rings. The molecule has 0 N–H and O–H groups in total. The fraction of sp³-hybridized carbons (Fsp3) is 1.00. The Kier molecular flexibility index (Phi) is 10.3. The molecular formula is C25H50N2O. The van der Waals surface area contributed by atoms with Gasteiger partial charge in [-0.15, -0.1) is 0 Å². The average molecular weight is 395 g/mol. The highest BCUT2D eigenvalue weighted by Gasteiger charge is 2.31. The second-order valence-electron chi connectivity index (χ2n) is 10.4. The van der Waals surface area contributed by atoms with Crippen LogP contribution >= 0.6 is 0 Å². The Hall–Kier alpha value is -0.120. The molecule has 0 radical (unpaired) electrons. The zero-order valence-corrected chi connectivity index (χ0v) is 20.0. The van der Waals surface area contributed by atoms with E-state index >= 15 is 0 Å². The highest BCUT2D eigenvalue weighted by atomic mass is 16.5. The molecule has 3 heteroatoms. The minimum absolute atomic E-state index is 0.359. The summed E-state index contributed by atoms with van der Waals surface area (Å²) in [5, 5.41) is 0. The van der Waals surface area contributed by atoms with E-state index in [0.717, 1.165) is 12.0 Å². The maximum atomic E-state index is 6.24. The molecule has 2 unspecified atom stereocenters. The smallest absolute Gasteiger partial charge is 0.0579 e. The van der Waals surface area contributed by atoms with Crippen LogP contribution < -0.4 is 0 Å². The van der Waals surface area contributed by atoms with E-state index in [-0.39, 0.29) is 0 Å². The van der Waals surface area contributed by atoms with Crippen molar-refractivity contribution in [3.63, 3.8) is 0 Å². The van der Waals surface area contributed by atoms with E-state index in [9.17, 15) is 0 Å². The van der Waals surface area contributed by atoms with Crippen molar-refractivity contribution >= 4 is 0 Å². The fourth-order valence-corrected chi connectivity index (χ4v) is 5.37. The molecule has 1 saturated carbocycles. The third-order valence-electron chi connectivity index (χ3n) is 7.70. The van der Waals surface area contributed by atoms with Gasteiger partial charge < -0.3 is 4.74 Å². The molecule has 0 aromatic heterocycles. The third-order valence-corrected chi connectivity index (χ3v) is 7.70. The van der Waals surface area contributed by atoms with Crippen LogP contribution in [0.4, 0.5) is 0 Å². The lowest BCUT2D eigenvalue weighted by Gasteiger charge is -2.46. The Morgan fingerprint density at radius 1 is 0.964 bits per heavy atom. The van der Waals surface area contributed by atoms with E-state index in [1.54, 1.807) is 0 Å². The Bertz CT molecular complexity index is 409. The van der Waals surface area contributed by atoms with E-state index < -0.39 is 0 Å². The molecule has 0 spiro atoms. The predicted octanol–water partition coefficient (Wildman–Crippen LogP) is 6.12. The van der Waals surface area contributed by atoms with E-state index in [4.69, 9.17) is 4.74 Å². The summed E-state index contributed by atoms with van der Waals surface area (Å²) in [5.74, 6) is 0.944. The zero-order chi connectivity index (χ0) is 20.6. The number of rotatable bonds is 11. The second-order valence-corrected chi connectivity index (χ2v) is 10.4. The molecule has 1 heterocycles. The maximum Gasteiger partial charge on any atom is 0.0579 e. The van der Waals surface area contributed by atoms with Crippen LogP contribution in [0.25, 0.3) is 0 Å². The number of ether oxygens (including phenoxy) is 1. The van der Waals surface area contributed by atoms with Crippen molar-refractivity contribution in [2.75, 3.05) is 26.2 Å². The largest absolute Gasteiger partial charge is 0.375 e. The van der Waals surface area contributed by atoms with E-state index in [0.29, 0.717) is 17.7 Å². The third kappa shape index (κ3) is 7.61. The minimum Gasteiger partial charge on any atom is -0.375 e. The molecule has 28 heavy (non-hydrogen) atoms. The van der Waals surface area contributed by atoms with E-state index in [1.165, 1.54) is 90.4 Å². The standard InChI is InChI=1S/C25H50N2O/c1-7-10-22(4)28-24-14-12-23(13-15-24)11-9-16-25(5,6)27-19-17-26(18-20-27)21(3)8-2/h21-24H,7-20H2,1-6H3. The lowest BCUT2D eigenvalue weighted by molar-refractivity contribution is -0.0324. The van der Waals surface area contributed by atoms with Gasteiger partial charge in [-0.1, -0.05) is 33.1 Å². The summed E-state index contributed by atoms with van der Waals surface area (Å²) in [5.41, 5.74) is 0.359. The Morgan fingerprint density at radius 2 is 1.61 bits per heavy atom. The molecule has 0 bridgehead atoms. The second kappa shape index (κ2) is 11.9.